The predicted octanol–water partition coefficient (Wildman–Crippen LogP) is 2.01. The lowest BCUT2D eigenvalue weighted by molar-refractivity contribution is 0.0595. The first kappa shape index (κ1) is 12.3. The summed E-state index contributed by atoms with van der Waals surface area (Å²) in [6.07, 6.45) is 1.46. The molecule has 1 aromatic carbocycles. The molecular weight excluding hydrogens is 232 g/mol. The van der Waals surface area contributed by atoms with E-state index in [1.807, 2.05) is 24.3 Å². The molecule has 2 rings (SSSR count). The molecule has 1 heterocycles. The maximum absolute atomic E-state index is 11.3. The van der Waals surface area contributed by atoms with Crippen molar-refractivity contribution in [1.82, 2.24) is 9.97 Å². The fourth-order valence-corrected chi connectivity index (χ4v) is 1.66. The number of hydrogen-bond acceptors (Lipinski definition) is 4. The number of hydrogen-bond donors (Lipinski definition) is 1. The van der Waals surface area contributed by atoms with Gasteiger partial charge in [0, 0.05) is 12.7 Å². The van der Waals surface area contributed by atoms with E-state index in [0.717, 1.165) is 11.1 Å². The molecule has 0 fully saturated rings. The lowest BCUT2D eigenvalue weighted by atomic mass is 10.1. The minimum absolute atomic E-state index is 0.338. The largest absolute Gasteiger partial charge is 0.464 e. The van der Waals surface area contributed by atoms with Crippen LogP contribution >= 0.6 is 0 Å². The number of nitrogens with zero attached hydrogens (tertiary/aromatic N) is 1. The molecule has 0 radical (unpaired) electrons. The van der Waals surface area contributed by atoms with E-state index < -0.39 is 5.97 Å². The lowest BCUT2D eigenvalue weighted by Crippen LogP contribution is -2.00. The second-order valence-corrected chi connectivity index (χ2v) is 3.77. The summed E-state index contributed by atoms with van der Waals surface area (Å²) in [5, 5.41) is 0. The second kappa shape index (κ2) is 5.46. The predicted molar refractivity (Wildman–Crippen MR) is 66.1 cm³/mol. The van der Waals surface area contributed by atoms with Crippen molar-refractivity contribution in [3.63, 3.8) is 0 Å². The van der Waals surface area contributed by atoms with Crippen LogP contribution in [0.25, 0.3) is 11.4 Å². The van der Waals surface area contributed by atoms with Crippen LogP contribution in [0.15, 0.2) is 30.5 Å². The van der Waals surface area contributed by atoms with Crippen LogP contribution in [-0.2, 0) is 16.1 Å². The number of esters is 1. The standard InChI is InChI=1S/C13H14N2O3/c1-17-8-9-4-3-5-10(6-9)12-14-7-11(15-12)13(16)18-2/h3-7H,8H2,1-2H3,(H,14,15). The highest BCUT2D eigenvalue weighted by atomic mass is 16.5. The van der Waals surface area contributed by atoms with Crippen molar-refractivity contribution in [3.05, 3.63) is 41.7 Å². The van der Waals surface area contributed by atoms with Gasteiger partial charge in [-0.2, -0.15) is 0 Å². The van der Waals surface area contributed by atoms with E-state index in [4.69, 9.17) is 4.74 Å². The van der Waals surface area contributed by atoms with E-state index in [-0.39, 0.29) is 0 Å². The monoisotopic (exact) mass is 246 g/mol. The fourth-order valence-electron chi connectivity index (χ4n) is 1.66. The smallest absolute Gasteiger partial charge is 0.356 e. The Kier molecular flexibility index (Phi) is 3.74. The number of imidazole rings is 1. The highest BCUT2D eigenvalue weighted by molar-refractivity contribution is 5.87. The summed E-state index contributed by atoms with van der Waals surface area (Å²) < 4.78 is 9.69. The zero-order valence-corrected chi connectivity index (χ0v) is 10.3. The summed E-state index contributed by atoms with van der Waals surface area (Å²) >= 11 is 0. The molecular formula is C13H14N2O3. The Morgan fingerprint density at radius 1 is 1.39 bits per heavy atom. The number of aromatic amines is 1. The van der Waals surface area contributed by atoms with Gasteiger partial charge >= 0.3 is 5.97 Å². The zero-order chi connectivity index (χ0) is 13.0. The maximum atomic E-state index is 11.3. The summed E-state index contributed by atoms with van der Waals surface area (Å²) in [4.78, 5) is 18.4. The molecule has 0 saturated heterocycles. The van der Waals surface area contributed by atoms with Crippen LogP contribution in [0.1, 0.15) is 16.1 Å². The van der Waals surface area contributed by atoms with Crippen LogP contribution < -0.4 is 0 Å². The molecule has 0 atom stereocenters. The van der Waals surface area contributed by atoms with E-state index >= 15 is 0 Å². The van der Waals surface area contributed by atoms with Crippen molar-refractivity contribution in [2.75, 3.05) is 14.2 Å². The third kappa shape index (κ3) is 2.57. The number of carbonyl (C=O) groups excluding carboxylic acids is 1. The van der Waals surface area contributed by atoms with E-state index in [0.29, 0.717) is 18.1 Å². The van der Waals surface area contributed by atoms with E-state index in [2.05, 4.69) is 14.7 Å². The molecule has 0 spiro atoms. The molecule has 0 amide bonds. The van der Waals surface area contributed by atoms with Crippen LogP contribution in [0.3, 0.4) is 0 Å². The van der Waals surface area contributed by atoms with Crippen LogP contribution in [0, 0.1) is 0 Å². The molecule has 94 valence electrons. The van der Waals surface area contributed by atoms with Crippen LogP contribution in [0.4, 0.5) is 0 Å². The van der Waals surface area contributed by atoms with Crippen molar-refractivity contribution in [1.29, 1.82) is 0 Å². The number of H-pyrrole nitrogens is 1. The van der Waals surface area contributed by atoms with Gasteiger partial charge in [0.05, 0.1) is 19.9 Å². The third-order valence-corrected chi connectivity index (χ3v) is 2.49. The van der Waals surface area contributed by atoms with Crippen molar-refractivity contribution < 1.29 is 14.3 Å². The highest BCUT2D eigenvalue weighted by Gasteiger charge is 2.10. The number of carbonyl (C=O) groups is 1. The quantitative estimate of drug-likeness (QED) is 0.838. The molecule has 5 nitrogen and oxygen atoms in total. The first-order valence-electron chi connectivity index (χ1n) is 5.46. The van der Waals surface area contributed by atoms with E-state index in [1.165, 1.54) is 13.3 Å². The third-order valence-electron chi connectivity index (χ3n) is 2.49. The van der Waals surface area contributed by atoms with Gasteiger partial charge in [-0.05, 0) is 11.6 Å². The minimum atomic E-state index is -0.429. The van der Waals surface area contributed by atoms with Crippen molar-refractivity contribution in [3.8, 4) is 11.4 Å². The van der Waals surface area contributed by atoms with Gasteiger partial charge in [-0.15, -0.1) is 0 Å². The van der Waals surface area contributed by atoms with Gasteiger partial charge in [-0.3, -0.25) is 0 Å². The Balaban J connectivity index is 2.28. The number of nitrogens with one attached hydrogen (secondary N) is 1. The molecule has 0 aliphatic carbocycles. The lowest BCUT2D eigenvalue weighted by Gasteiger charge is -2.02. The molecule has 0 aliphatic rings. The summed E-state index contributed by atoms with van der Waals surface area (Å²) in [5.74, 6) is 0.204. The van der Waals surface area contributed by atoms with Gasteiger partial charge in [-0.1, -0.05) is 18.2 Å². The topological polar surface area (TPSA) is 64.2 Å². The Labute approximate surface area is 105 Å². The normalized spacial score (nSPS) is 10.3. The second-order valence-electron chi connectivity index (χ2n) is 3.77. The van der Waals surface area contributed by atoms with Crippen LogP contribution in [0.5, 0.6) is 0 Å². The number of rotatable bonds is 4. The molecule has 2 aromatic rings. The molecule has 1 N–H and O–H groups in total. The first-order valence-corrected chi connectivity index (χ1v) is 5.46. The molecule has 0 aliphatic heterocycles. The maximum Gasteiger partial charge on any atom is 0.356 e. The number of ether oxygens (including phenoxy) is 2. The molecule has 0 saturated carbocycles. The molecule has 5 heteroatoms. The number of benzene rings is 1. The molecule has 18 heavy (non-hydrogen) atoms. The van der Waals surface area contributed by atoms with Gasteiger partial charge in [0.15, 0.2) is 0 Å². The first-order chi connectivity index (χ1) is 8.74. The average molecular weight is 246 g/mol. The Bertz CT molecular complexity index is 549. The number of methoxy groups -OCH3 is 2. The highest BCUT2D eigenvalue weighted by Crippen LogP contribution is 2.18. The van der Waals surface area contributed by atoms with Gasteiger partial charge in [0.2, 0.25) is 0 Å². The molecule has 0 bridgehead atoms. The summed E-state index contributed by atoms with van der Waals surface area (Å²) in [6.45, 7) is 0.540. The Hall–Kier alpha value is -2.14. The summed E-state index contributed by atoms with van der Waals surface area (Å²) in [6, 6.07) is 7.77. The van der Waals surface area contributed by atoms with Crippen molar-refractivity contribution >= 4 is 5.97 Å². The van der Waals surface area contributed by atoms with Gasteiger partial charge < -0.3 is 14.5 Å². The van der Waals surface area contributed by atoms with Crippen LogP contribution in [0.2, 0.25) is 0 Å². The summed E-state index contributed by atoms with van der Waals surface area (Å²) in [5.41, 5.74) is 2.29. The molecule has 0 unspecified atom stereocenters. The Morgan fingerprint density at radius 2 is 2.22 bits per heavy atom. The molecule has 1 aromatic heterocycles. The van der Waals surface area contributed by atoms with E-state index in [1.54, 1.807) is 7.11 Å². The van der Waals surface area contributed by atoms with Gasteiger partial charge in [0.1, 0.15) is 11.5 Å². The Morgan fingerprint density at radius 3 is 2.94 bits per heavy atom. The van der Waals surface area contributed by atoms with Gasteiger partial charge in [0.25, 0.3) is 0 Å². The SMILES string of the molecule is COCc1cccc(-c2ncc(C(=O)OC)[nH]2)c1. The van der Waals surface area contributed by atoms with Gasteiger partial charge in [-0.25, -0.2) is 9.78 Å². The number of aromatic nitrogens is 2. The average Bonchev–Trinajstić information content (AvgIpc) is 2.88. The minimum Gasteiger partial charge on any atom is -0.464 e. The van der Waals surface area contributed by atoms with Crippen molar-refractivity contribution in [2.24, 2.45) is 0 Å². The van der Waals surface area contributed by atoms with Crippen molar-refractivity contribution in [2.45, 2.75) is 6.61 Å². The van der Waals surface area contributed by atoms with Crippen LogP contribution in [-0.4, -0.2) is 30.2 Å². The fraction of sp³-hybridized carbons (Fsp3) is 0.231. The summed E-state index contributed by atoms with van der Waals surface area (Å²) in [7, 11) is 2.98. The zero-order valence-electron chi connectivity index (χ0n) is 10.3. The van der Waals surface area contributed by atoms with E-state index in [9.17, 15) is 4.79 Å².